The van der Waals surface area contributed by atoms with Crippen molar-refractivity contribution in [1.82, 2.24) is 19.8 Å². The Morgan fingerprint density at radius 3 is 2.51 bits per heavy atom. The number of nitrogens with two attached hydrogens (primary N) is 1. The van der Waals surface area contributed by atoms with Crippen LogP contribution in [0, 0.1) is 0 Å². The molecular weight excluding hydrogens is 563 g/mol. The molecule has 1 spiro atoms. The Hall–Kier alpha value is -4.42. The second kappa shape index (κ2) is 12.4. The number of aromatic nitrogens is 2. The Morgan fingerprint density at radius 2 is 1.79 bits per heavy atom. The summed E-state index contributed by atoms with van der Waals surface area (Å²) < 4.78 is 38.5. The summed E-state index contributed by atoms with van der Waals surface area (Å²) in [6.07, 6.45) is 2.69. The number of amides is 1. The third-order valence-corrected chi connectivity index (χ3v) is 7.80. The first-order chi connectivity index (χ1) is 20.5. The molecule has 12 heteroatoms. The fourth-order valence-corrected chi connectivity index (χ4v) is 5.68. The number of pyridine rings is 1. The van der Waals surface area contributed by atoms with E-state index in [2.05, 4.69) is 62.4 Å². The summed E-state index contributed by atoms with van der Waals surface area (Å²) >= 11 is 0. The molecule has 0 aliphatic carbocycles. The number of aromatic amines is 1. The summed E-state index contributed by atoms with van der Waals surface area (Å²) in [6.45, 7) is 5.27. The van der Waals surface area contributed by atoms with Gasteiger partial charge < -0.3 is 20.6 Å². The van der Waals surface area contributed by atoms with Crippen LogP contribution in [0.4, 0.5) is 13.2 Å². The number of carbonyl (C=O) groups excluding carboxylic acids is 1. The predicted molar refractivity (Wildman–Crippen MR) is 153 cm³/mol. The van der Waals surface area contributed by atoms with Crippen LogP contribution >= 0.6 is 0 Å². The fourth-order valence-electron chi connectivity index (χ4n) is 5.68. The van der Waals surface area contributed by atoms with Gasteiger partial charge in [0.1, 0.15) is 11.4 Å². The number of para-hydroxylation sites is 1. The van der Waals surface area contributed by atoms with Crippen molar-refractivity contribution in [3.8, 4) is 5.75 Å². The number of benzene rings is 2. The van der Waals surface area contributed by atoms with Gasteiger partial charge in [-0.1, -0.05) is 30.3 Å². The van der Waals surface area contributed by atoms with Crippen molar-refractivity contribution in [1.29, 1.82) is 0 Å². The molecule has 1 fully saturated rings. The van der Waals surface area contributed by atoms with E-state index in [9.17, 15) is 18.0 Å². The first kappa shape index (κ1) is 30.1. The number of nitrogens with one attached hydrogen (secondary N) is 1. The number of rotatable bonds is 5. The number of carbonyl (C=O) groups is 2. The van der Waals surface area contributed by atoms with E-state index in [0.717, 1.165) is 68.9 Å². The predicted octanol–water partition coefficient (Wildman–Crippen LogP) is 4.72. The lowest BCUT2D eigenvalue weighted by Crippen LogP contribution is -2.53. The van der Waals surface area contributed by atoms with Crippen LogP contribution < -0.4 is 10.5 Å². The zero-order valence-electron chi connectivity index (χ0n) is 23.3. The molecule has 2 aromatic carbocycles. The van der Waals surface area contributed by atoms with Crippen molar-refractivity contribution in [2.75, 3.05) is 19.6 Å². The molecule has 43 heavy (non-hydrogen) atoms. The molecule has 1 amide bonds. The first-order valence-corrected chi connectivity index (χ1v) is 13.8. The minimum atomic E-state index is -5.08. The van der Waals surface area contributed by atoms with E-state index in [1.165, 1.54) is 16.5 Å². The van der Waals surface area contributed by atoms with Crippen molar-refractivity contribution in [2.45, 2.75) is 44.3 Å². The number of alkyl halides is 3. The monoisotopic (exact) mass is 595 g/mol. The third kappa shape index (κ3) is 7.33. The molecule has 226 valence electrons. The van der Waals surface area contributed by atoms with Crippen LogP contribution in [0.1, 0.15) is 39.9 Å². The van der Waals surface area contributed by atoms with E-state index in [-0.39, 0.29) is 5.60 Å². The van der Waals surface area contributed by atoms with Gasteiger partial charge in [0.25, 0.3) is 0 Å². The van der Waals surface area contributed by atoms with Crippen molar-refractivity contribution < 1.29 is 32.6 Å². The number of ether oxygens (including phenoxy) is 1. The molecule has 2 aliphatic heterocycles. The van der Waals surface area contributed by atoms with E-state index in [1.807, 2.05) is 24.5 Å². The average molecular weight is 596 g/mol. The molecule has 0 radical (unpaired) electrons. The Morgan fingerprint density at radius 1 is 1.05 bits per heavy atom. The summed E-state index contributed by atoms with van der Waals surface area (Å²) in [5, 5.41) is 8.37. The van der Waals surface area contributed by atoms with Gasteiger partial charge in [0, 0.05) is 81.0 Å². The lowest BCUT2D eigenvalue weighted by atomic mass is 9.90. The molecule has 2 aromatic heterocycles. The number of piperidine rings is 1. The van der Waals surface area contributed by atoms with Crippen LogP contribution in [0.2, 0.25) is 0 Å². The number of hydrogen-bond acceptors (Lipinski definition) is 6. The lowest BCUT2D eigenvalue weighted by Gasteiger charge is -2.43. The highest BCUT2D eigenvalue weighted by atomic mass is 19.4. The number of carboxylic acid groups (broad SMARTS) is 1. The largest absolute Gasteiger partial charge is 0.490 e. The van der Waals surface area contributed by atoms with Crippen LogP contribution in [0.3, 0.4) is 0 Å². The van der Waals surface area contributed by atoms with E-state index in [4.69, 9.17) is 20.4 Å². The standard InChI is InChI=1S/C29H31N5O2.C2HF3O2/c30-28(35)22-6-3-4-21(14-22)17-34-18-23-5-1-2-7-27(23)36-29(20-34)9-12-33(13-10-29)19-24-15-32-26-16-31-11-8-25(24)26;3-2(4,5)1(6)7/h1-8,11,14-16,32H,9-10,12-13,17-20H2,(H2,30,35);(H,6,7). The zero-order chi connectivity index (χ0) is 30.6. The lowest BCUT2D eigenvalue weighted by molar-refractivity contribution is -0.192. The van der Waals surface area contributed by atoms with E-state index in [0.29, 0.717) is 5.56 Å². The number of fused-ring (bicyclic) bond motifs is 2. The molecule has 9 nitrogen and oxygen atoms in total. The summed E-state index contributed by atoms with van der Waals surface area (Å²) in [6, 6.07) is 18.1. The number of carboxylic acids is 1. The molecule has 0 unspecified atom stereocenters. The number of H-pyrrole nitrogens is 1. The van der Waals surface area contributed by atoms with Gasteiger partial charge in [-0.15, -0.1) is 0 Å². The second-order valence-corrected chi connectivity index (χ2v) is 10.9. The second-order valence-electron chi connectivity index (χ2n) is 10.9. The van der Waals surface area contributed by atoms with Crippen LogP contribution in [-0.4, -0.2) is 68.2 Å². The molecule has 0 bridgehead atoms. The van der Waals surface area contributed by atoms with Gasteiger partial charge in [0.15, 0.2) is 0 Å². The minimum Gasteiger partial charge on any atom is -0.486 e. The topological polar surface area (TPSA) is 125 Å². The zero-order valence-corrected chi connectivity index (χ0v) is 23.3. The van der Waals surface area contributed by atoms with Crippen molar-refractivity contribution in [2.24, 2.45) is 5.73 Å². The molecule has 0 atom stereocenters. The van der Waals surface area contributed by atoms with Gasteiger partial charge in [0.05, 0.1) is 11.7 Å². The highest BCUT2D eigenvalue weighted by molar-refractivity contribution is 5.92. The molecular formula is C31H32F3N5O4. The van der Waals surface area contributed by atoms with E-state index >= 15 is 0 Å². The highest BCUT2D eigenvalue weighted by Crippen LogP contribution is 2.36. The maximum absolute atomic E-state index is 11.7. The molecule has 1 saturated heterocycles. The Labute approximate surface area is 246 Å². The summed E-state index contributed by atoms with van der Waals surface area (Å²) in [5.41, 5.74) is 10.5. The summed E-state index contributed by atoms with van der Waals surface area (Å²) in [7, 11) is 0. The summed E-state index contributed by atoms with van der Waals surface area (Å²) in [4.78, 5) is 33.1. The van der Waals surface area contributed by atoms with E-state index < -0.39 is 18.1 Å². The first-order valence-electron chi connectivity index (χ1n) is 13.8. The van der Waals surface area contributed by atoms with Gasteiger partial charge in [-0.05, 0) is 35.4 Å². The van der Waals surface area contributed by atoms with Crippen molar-refractivity contribution >= 4 is 22.8 Å². The number of nitrogens with zero attached hydrogens (tertiary/aromatic N) is 3. The quantitative estimate of drug-likeness (QED) is 0.305. The van der Waals surface area contributed by atoms with Crippen molar-refractivity contribution in [3.63, 3.8) is 0 Å². The Bertz CT molecular complexity index is 1600. The number of primary amides is 1. The van der Waals surface area contributed by atoms with Gasteiger partial charge >= 0.3 is 12.1 Å². The molecule has 4 N–H and O–H groups in total. The Balaban J connectivity index is 0.000000472. The molecule has 2 aliphatic rings. The van der Waals surface area contributed by atoms with Gasteiger partial charge in [-0.2, -0.15) is 13.2 Å². The smallest absolute Gasteiger partial charge is 0.486 e. The molecule has 6 rings (SSSR count). The maximum atomic E-state index is 11.7. The Kier molecular flexibility index (Phi) is 8.69. The summed E-state index contributed by atoms with van der Waals surface area (Å²) in [5.74, 6) is -2.16. The van der Waals surface area contributed by atoms with Crippen LogP contribution in [0.25, 0.3) is 10.9 Å². The maximum Gasteiger partial charge on any atom is 0.490 e. The van der Waals surface area contributed by atoms with Crippen LogP contribution in [-0.2, 0) is 24.4 Å². The minimum absolute atomic E-state index is 0.242. The average Bonchev–Trinajstić information content (AvgIpc) is 3.31. The van der Waals surface area contributed by atoms with Gasteiger partial charge in [-0.3, -0.25) is 19.6 Å². The van der Waals surface area contributed by atoms with E-state index in [1.54, 1.807) is 6.07 Å². The third-order valence-electron chi connectivity index (χ3n) is 7.80. The number of hydrogen-bond donors (Lipinski definition) is 3. The fraction of sp³-hybridized carbons (Fsp3) is 0.323. The van der Waals surface area contributed by atoms with Crippen LogP contribution in [0.5, 0.6) is 5.75 Å². The normalized spacial score (nSPS) is 16.9. The molecule has 4 heterocycles. The van der Waals surface area contributed by atoms with Crippen molar-refractivity contribution in [3.05, 3.63) is 95.4 Å². The van der Waals surface area contributed by atoms with Crippen LogP contribution in [0.15, 0.2) is 73.2 Å². The number of aliphatic carboxylic acids is 1. The SMILES string of the molecule is NC(=O)c1cccc(CN2Cc3ccccc3OC3(CCN(Cc4c[nH]c5cnccc45)CC3)C2)c1.O=C(O)C(F)(F)F. The number of halogens is 3. The molecule has 4 aromatic rings. The number of likely N-dealkylation sites (tertiary alicyclic amines) is 1. The van der Waals surface area contributed by atoms with Gasteiger partial charge in [0.2, 0.25) is 5.91 Å². The molecule has 0 saturated carbocycles. The van der Waals surface area contributed by atoms with Gasteiger partial charge in [-0.25, -0.2) is 4.79 Å². The highest BCUT2D eigenvalue weighted by Gasteiger charge is 2.41.